The Kier molecular flexibility index (Phi) is 3.82. The molecule has 1 amide bonds. The zero-order chi connectivity index (χ0) is 16.6. The van der Waals surface area contributed by atoms with E-state index in [2.05, 4.69) is 10.2 Å². The fourth-order valence-electron chi connectivity index (χ4n) is 2.27. The summed E-state index contributed by atoms with van der Waals surface area (Å²) in [6, 6.07) is 1.39. The van der Waals surface area contributed by atoms with Crippen molar-refractivity contribution < 1.29 is 23.1 Å². The second-order valence-electron chi connectivity index (χ2n) is 5.03. The minimum Gasteiger partial charge on any atom is -0.465 e. The number of methoxy groups -OCH3 is 1. The first-order chi connectivity index (χ1) is 10.9. The molecule has 11 heteroatoms. The van der Waals surface area contributed by atoms with E-state index in [0.29, 0.717) is 24.4 Å². The van der Waals surface area contributed by atoms with E-state index in [1.54, 1.807) is 13.3 Å². The monoisotopic (exact) mass is 341 g/mol. The van der Waals surface area contributed by atoms with E-state index in [9.17, 15) is 13.2 Å². The highest BCUT2D eigenvalue weighted by atomic mass is 32.2. The molecule has 3 heterocycles. The van der Waals surface area contributed by atoms with Crippen molar-refractivity contribution >= 4 is 16.1 Å². The van der Waals surface area contributed by atoms with Crippen LogP contribution in [0.15, 0.2) is 23.5 Å². The SMILES string of the molecule is COCCn1ccc(S(=O)(=O)n2cc3c(n2)CN(C(=O)O)C3)n1. The summed E-state index contributed by atoms with van der Waals surface area (Å²) in [5, 5.41) is 16.8. The van der Waals surface area contributed by atoms with E-state index in [-0.39, 0.29) is 18.1 Å². The molecule has 124 valence electrons. The second kappa shape index (κ2) is 5.66. The van der Waals surface area contributed by atoms with Crippen molar-refractivity contribution in [3.05, 3.63) is 29.7 Å². The molecule has 0 bridgehead atoms. The Bertz CT molecular complexity index is 816. The van der Waals surface area contributed by atoms with Crippen molar-refractivity contribution in [1.29, 1.82) is 0 Å². The summed E-state index contributed by atoms with van der Waals surface area (Å²) in [5.74, 6) is 0. The zero-order valence-electron chi connectivity index (χ0n) is 12.3. The number of carbonyl (C=O) groups is 1. The van der Waals surface area contributed by atoms with E-state index >= 15 is 0 Å². The van der Waals surface area contributed by atoms with Crippen LogP contribution in [0.3, 0.4) is 0 Å². The van der Waals surface area contributed by atoms with Crippen LogP contribution < -0.4 is 0 Å². The number of hydrogen-bond acceptors (Lipinski definition) is 6. The third kappa shape index (κ3) is 2.80. The topological polar surface area (TPSA) is 120 Å². The van der Waals surface area contributed by atoms with Crippen LogP contribution in [0.2, 0.25) is 0 Å². The number of rotatable bonds is 5. The molecule has 0 saturated carbocycles. The van der Waals surface area contributed by atoms with E-state index in [1.807, 2.05) is 0 Å². The molecule has 0 radical (unpaired) electrons. The minimum absolute atomic E-state index is 0.0788. The summed E-state index contributed by atoms with van der Waals surface area (Å²) in [6.45, 7) is 1.06. The summed E-state index contributed by atoms with van der Waals surface area (Å²) in [6.07, 6.45) is 1.83. The number of aromatic nitrogens is 4. The summed E-state index contributed by atoms with van der Waals surface area (Å²) < 4.78 is 32.2. The molecule has 0 aromatic carbocycles. The summed E-state index contributed by atoms with van der Waals surface area (Å²) >= 11 is 0. The predicted molar refractivity (Wildman–Crippen MR) is 76.2 cm³/mol. The fraction of sp³-hybridized carbons (Fsp3) is 0.417. The second-order valence-corrected chi connectivity index (χ2v) is 6.77. The maximum atomic E-state index is 12.5. The number of carboxylic acid groups (broad SMARTS) is 1. The molecule has 3 rings (SSSR count). The largest absolute Gasteiger partial charge is 0.465 e. The van der Waals surface area contributed by atoms with Gasteiger partial charge in [-0.2, -0.15) is 22.7 Å². The Morgan fingerprint density at radius 3 is 2.83 bits per heavy atom. The Morgan fingerprint density at radius 1 is 1.39 bits per heavy atom. The van der Waals surface area contributed by atoms with Crippen LogP contribution in [0, 0.1) is 0 Å². The summed E-state index contributed by atoms with van der Waals surface area (Å²) in [7, 11) is -2.34. The van der Waals surface area contributed by atoms with Gasteiger partial charge in [0.1, 0.15) is 0 Å². The van der Waals surface area contributed by atoms with Crippen LogP contribution in [-0.2, 0) is 34.4 Å². The highest BCUT2D eigenvalue weighted by molar-refractivity contribution is 7.89. The van der Waals surface area contributed by atoms with Gasteiger partial charge in [0.05, 0.1) is 31.9 Å². The lowest BCUT2D eigenvalue weighted by Crippen LogP contribution is -2.24. The van der Waals surface area contributed by atoms with Gasteiger partial charge in [0, 0.05) is 25.1 Å². The van der Waals surface area contributed by atoms with E-state index in [0.717, 1.165) is 8.99 Å². The first-order valence-electron chi connectivity index (χ1n) is 6.75. The molecule has 1 aliphatic rings. The Morgan fingerprint density at radius 2 is 2.17 bits per heavy atom. The number of fused-ring (bicyclic) bond motifs is 1. The van der Waals surface area contributed by atoms with Crippen molar-refractivity contribution in [2.24, 2.45) is 0 Å². The van der Waals surface area contributed by atoms with Crippen molar-refractivity contribution in [2.75, 3.05) is 13.7 Å². The molecular weight excluding hydrogens is 326 g/mol. The number of nitrogens with zero attached hydrogens (tertiary/aromatic N) is 5. The van der Waals surface area contributed by atoms with Crippen molar-refractivity contribution in [2.45, 2.75) is 24.7 Å². The smallest absolute Gasteiger partial charge is 0.407 e. The maximum absolute atomic E-state index is 12.5. The van der Waals surface area contributed by atoms with Crippen molar-refractivity contribution in [3.8, 4) is 0 Å². The molecule has 23 heavy (non-hydrogen) atoms. The molecule has 2 aromatic heterocycles. The first kappa shape index (κ1) is 15.5. The van der Waals surface area contributed by atoms with Gasteiger partial charge in [0.25, 0.3) is 0 Å². The van der Waals surface area contributed by atoms with Gasteiger partial charge in [-0.15, -0.1) is 0 Å². The molecule has 0 spiro atoms. The maximum Gasteiger partial charge on any atom is 0.407 e. The fourth-order valence-corrected chi connectivity index (χ4v) is 3.38. The quantitative estimate of drug-likeness (QED) is 0.810. The third-order valence-corrected chi connectivity index (χ3v) is 4.91. The lowest BCUT2D eigenvalue weighted by atomic mass is 10.3. The van der Waals surface area contributed by atoms with Gasteiger partial charge in [-0.1, -0.05) is 0 Å². The summed E-state index contributed by atoms with van der Waals surface area (Å²) in [5.41, 5.74) is 1.02. The van der Waals surface area contributed by atoms with Crippen LogP contribution in [0.4, 0.5) is 4.79 Å². The molecule has 0 aliphatic carbocycles. The average molecular weight is 341 g/mol. The molecular formula is C12H15N5O5S. The normalized spacial score (nSPS) is 14.2. The molecule has 0 unspecified atom stereocenters. The van der Waals surface area contributed by atoms with Gasteiger partial charge < -0.3 is 9.84 Å². The van der Waals surface area contributed by atoms with Gasteiger partial charge >= 0.3 is 16.1 Å². The molecule has 0 fully saturated rings. The number of hydrogen-bond donors (Lipinski definition) is 1. The van der Waals surface area contributed by atoms with Gasteiger partial charge in [-0.3, -0.25) is 9.58 Å². The molecule has 0 saturated heterocycles. The van der Waals surface area contributed by atoms with Crippen LogP contribution in [-0.4, -0.2) is 57.2 Å². The number of amides is 1. The zero-order valence-corrected chi connectivity index (χ0v) is 13.1. The van der Waals surface area contributed by atoms with Gasteiger partial charge in [0.15, 0.2) is 5.03 Å². The van der Waals surface area contributed by atoms with Crippen LogP contribution in [0.1, 0.15) is 11.3 Å². The molecule has 0 atom stereocenters. The highest BCUT2D eigenvalue weighted by Gasteiger charge is 2.30. The van der Waals surface area contributed by atoms with Crippen LogP contribution in [0.25, 0.3) is 0 Å². The lowest BCUT2D eigenvalue weighted by Gasteiger charge is -2.09. The van der Waals surface area contributed by atoms with Crippen LogP contribution in [0.5, 0.6) is 0 Å². The van der Waals surface area contributed by atoms with E-state index in [1.165, 1.54) is 16.9 Å². The molecule has 10 nitrogen and oxygen atoms in total. The molecule has 1 N–H and O–H groups in total. The van der Waals surface area contributed by atoms with Crippen LogP contribution >= 0.6 is 0 Å². The standard InChI is InChI=1S/C12H15N5O5S/c1-22-5-4-16-3-2-11(14-16)23(20,21)17-7-9-6-15(12(18)19)8-10(9)13-17/h2-3,7H,4-6,8H2,1H3,(H,18,19). The van der Waals surface area contributed by atoms with Crippen molar-refractivity contribution in [3.63, 3.8) is 0 Å². The Balaban J connectivity index is 1.83. The lowest BCUT2D eigenvalue weighted by molar-refractivity contribution is 0.144. The van der Waals surface area contributed by atoms with Gasteiger partial charge in [0.2, 0.25) is 0 Å². The summed E-state index contributed by atoms with van der Waals surface area (Å²) in [4.78, 5) is 12.1. The first-order valence-corrected chi connectivity index (χ1v) is 8.19. The highest BCUT2D eigenvalue weighted by Crippen LogP contribution is 2.23. The molecule has 1 aliphatic heterocycles. The van der Waals surface area contributed by atoms with E-state index in [4.69, 9.17) is 9.84 Å². The average Bonchev–Trinajstić information content (AvgIpc) is 3.18. The minimum atomic E-state index is -3.89. The van der Waals surface area contributed by atoms with Gasteiger partial charge in [-0.25, -0.2) is 4.79 Å². The Labute approximate surface area is 131 Å². The molecule has 2 aromatic rings. The third-order valence-electron chi connectivity index (χ3n) is 3.48. The Hall–Kier alpha value is -2.40. The number of ether oxygens (including phenoxy) is 1. The predicted octanol–water partition coefficient (Wildman–Crippen LogP) is -0.0434. The van der Waals surface area contributed by atoms with E-state index < -0.39 is 16.1 Å². The van der Waals surface area contributed by atoms with Gasteiger partial charge in [-0.05, 0) is 6.07 Å². The van der Waals surface area contributed by atoms with Crippen molar-refractivity contribution in [1.82, 2.24) is 23.9 Å².